The molecule has 2 atom stereocenters. The standard InChI is InChI=1S/C12H20N2O3/c1-12(2,3)17-11(16)14-7-8-6-13-5-4-9(8)10(14)15/h8-9,13H,4-7H2,1-3H3. The lowest BCUT2D eigenvalue weighted by molar-refractivity contribution is -0.130. The normalized spacial score (nSPS) is 29.1. The summed E-state index contributed by atoms with van der Waals surface area (Å²) in [6, 6.07) is 0. The van der Waals surface area contributed by atoms with Gasteiger partial charge in [-0.25, -0.2) is 9.69 Å². The molecule has 0 aromatic heterocycles. The van der Waals surface area contributed by atoms with E-state index in [0.717, 1.165) is 19.5 Å². The van der Waals surface area contributed by atoms with E-state index in [1.807, 2.05) is 0 Å². The number of piperidine rings is 1. The highest BCUT2D eigenvalue weighted by Crippen LogP contribution is 2.30. The van der Waals surface area contributed by atoms with Gasteiger partial charge in [0, 0.05) is 24.9 Å². The SMILES string of the molecule is CC(C)(C)OC(=O)N1CC2CNCCC2C1=O. The van der Waals surface area contributed by atoms with E-state index in [1.54, 1.807) is 20.8 Å². The zero-order chi connectivity index (χ0) is 12.6. The van der Waals surface area contributed by atoms with Crippen molar-refractivity contribution in [2.75, 3.05) is 19.6 Å². The minimum absolute atomic E-state index is 0.00349. The van der Waals surface area contributed by atoms with Gasteiger partial charge < -0.3 is 10.1 Å². The number of carbonyl (C=O) groups is 2. The lowest BCUT2D eigenvalue weighted by Gasteiger charge is -2.23. The fraction of sp³-hybridized carbons (Fsp3) is 0.833. The van der Waals surface area contributed by atoms with E-state index in [9.17, 15) is 9.59 Å². The van der Waals surface area contributed by atoms with Gasteiger partial charge in [0.25, 0.3) is 0 Å². The molecule has 2 heterocycles. The van der Waals surface area contributed by atoms with Crippen molar-refractivity contribution in [3.63, 3.8) is 0 Å². The summed E-state index contributed by atoms with van der Waals surface area (Å²) in [5, 5.41) is 3.25. The number of likely N-dealkylation sites (tertiary alicyclic amines) is 1. The number of hydrogen-bond acceptors (Lipinski definition) is 4. The Morgan fingerprint density at radius 2 is 2.18 bits per heavy atom. The lowest BCUT2D eigenvalue weighted by Crippen LogP contribution is -2.38. The zero-order valence-corrected chi connectivity index (χ0v) is 10.7. The summed E-state index contributed by atoms with van der Waals surface area (Å²) < 4.78 is 5.24. The van der Waals surface area contributed by atoms with Crippen molar-refractivity contribution in [3.05, 3.63) is 0 Å². The maximum Gasteiger partial charge on any atom is 0.417 e. The summed E-state index contributed by atoms with van der Waals surface area (Å²) >= 11 is 0. The minimum atomic E-state index is -0.552. The Morgan fingerprint density at radius 1 is 1.47 bits per heavy atom. The first-order valence-corrected chi connectivity index (χ1v) is 6.13. The van der Waals surface area contributed by atoms with Gasteiger partial charge in [-0.2, -0.15) is 0 Å². The van der Waals surface area contributed by atoms with Gasteiger partial charge >= 0.3 is 6.09 Å². The first-order chi connectivity index (χ1) is 7.88. The highest BCUT2D eigenvalue weighted by molar-refractivity contribution is 5.95. The molecule has 0 radical (unpaired) electrons. The van der Waals surface area contributed by atoms with Gasteiger partial charge in [0.05, 0.1) is 0 Å². The van der Waals surface area contributed by atoms with Crippen molar-refractivity contribution in [2.24, 2.45) is 11.8 Å². The summed E-state index contributed by atoms with van der Waals surface area (Å²) in [6.45, 7) is 7.58. The molecular formula is C12H20N2O3. The molecule has 2 unspecified atom stereocenters. The van der Waals surface area contributed by atoms with Crippen LogP contribution in [0.15, 0.2) is 0 Å². The molecule has 5 heteroatoms. The third-order valence-electron chi connectivity index (χ3n) is 3.22. The quantitative estimate of drug-likeness (QED) is 0.686. The predicted molar refractivity (Wildman–Crippen MR) is 62.4 cm³/mol. The first-order valence-electron chi connectivity index (χ1n) is 6.13. The molecule has 96 valence electrons. The smallest absolute Gasteiger partial charge is 0.417 e. The van der Waals surface area contributed by atoms with Crippen LogP contribution < -0.4 is 5.32 Å². The predicted octanol–water partition coefficient (Wildman–Crippen LogP) is 0.989. The number of hydrogen-bond donors (Lipinski definition) is 1. The van der Waals surface area contributed by atoms with E-state index in [2.05, 4.69) is 5.32 Å². The van der Waals surface area contributed by atoms with E-state index >= 15 is 0 Å². The molecule has 2 rings (SSSR count). The minimum Gasteiger partial charge on any atom is -0.443 e. The second kappa shape index (κ2) is 4.29. The average molecular weight is 240 g/mol. The Balaban J connectivity index is 2.03. The number of rotatable bonds is 0. The molecule has 17 heavy (non-hydrogen) atoms. The molecule has 2 fully saturated rings. The van der Waals surface area contributed by atoms with Crippen molar-refractivity contribution in [1.82, 2.24) is 10.2 Å². The number of nitrogens with zero attached hydrogens (tertiary/aromatic N) is 1. The van der Waals surface area contributed by atoms with Gasteiger partial charge in [-0.05, 0) is 33.7 Å². The van der Waals surface area contributed by atoms with E-state index in [4.69, 9.17) is 4.74 Å². The van der Waals surface area contributed by atoms with E-state index in [1.165, 1.54) is 4.90 Å². The molecule has 0 aromatic rings. The molecule has 2 aliphatic heterocycles. The Labute approximate surface area is 101 Å². The summed E-state index contributed by atoms with van der Waals surface area (Å²) in [5.74, 6) is 0.193. The third kappa shape index (κ3) is 2.60. The van der Waals surface area contributed by atoms with Gasteiger partial charge in [-0.1, -0.05) is 0 Å². The van der Waals surface area contributed by atoms with Crippen LogP contribution in [0, 0.1) is 11.8 Å². The van der Waals surface area contributed by atoms with Crippen LogP contribution in [0.5, 0.6) is 0 Å². The largest absolute Gasteiger partial charge is 0.443 e. The highest BCUT2D eigenvalue weighted by Gasteiger charge is 2.45. The number of carbonyl (C=O) groups excluding carboxylic acids is 2. The molecule has 5 nitrogen and oxygen atoms in total. The maximum atomic E-state index is 12.1. The van der Waals surface area contributed by atoms with Crippen molar-refractivity contribution >= 4 is 12.0 Å². The topological polar surface area (TPSA) is 58.6 Å². The second-order valence-corrected chi connectivity index (χ2v) is 5.79. The van der Waals surface area contributed by atoms with E-state index < -0.39 is 11.7 Å². The van der Waals surface area contributed by atoms with Crippen molar-refractivity contribution in [3.8, 4) is 0 Å². The van der Waals surface area contributed by atoms with Gasteiger partial charge in [-0.3, -0.25) is 4.79 Å². The summed E-state index contributed by atoms with van der Waals surface area (Å²) in [6.07, 6.45) is 0.319. The fourth-order valence-electron chi connectivity index (χ4n) is 2.45. The van der Waals surface area contributed by atoms with Gasteiger partial charge in [0.15, 0.2) is 0 Å². The van der Waals surface area contributed by atoms with Gasteiger partial charge in [-0.15, -0.1) is 0 Å². The Morgan fingerprint density at radius 3 is 2.76 bits per heavy atom. The molecule has 2 amide bonds. The highest BCUT2D eigenvalue weighted by atomic mass is 16.6. The molecule has 1 N–H and O–H groups in total. The molecule has 0 aliphatic carbocycles. The van der Waals surface area contributed by atoms with Crippen LogP contribution in [0.25, 0.3) is 0 Å². The molecule has 0 bridgehead atoms. The Hall–Kier alpha value is -1.10. The second-order valence-electron chi connectivity index (χ2n) is 5.79. The number of imide groups is 1. The molecule has 2 saturated heterocycles. The number of nitrogens with one attached hydrogen (secondary N) is 1. The zero-order valence-electron chi connectivity index (χ0n) is 10.7. The van der Waals surface area contributed by atoms with Crippen LogP contribution in [0.1, 0.15) is 27.2 Å². The Kier molecular flexibility index (Phi) is 3.12. The Bertz CT molecular complexity index is 335. The van der Waals surface area contributed by atoms with Crippen molar-refractivity contribution in [1.29, 1.82) is 0 Å². The lowest BCUT2D eigenvalue weighted by atomic mass is 9.89. The van der Waals surface area contributed by atoms with Crippen LogP contribution in [0.3, 0.4) is 0 Å². The maximum absolute atomic E-state index is 12.1. The molecular weight excluding hydrogens is 220 g/mol. The van der Waals surface area contributed by atoms with Crippen LogP contribution >= 0.6 is 0 Å². The first kappa shape index (κ1) is 12.4. The average Bonchev–Trinajstić information content (AvgIpc) is 2.55. The molecule has 0 saturated carbocycles. The van der Waals surface area contributed by atoms with E-state index in [-0.39, 0.29) is 17.7 Å². The number of ether oxygens (including phenoxy) is 1. The van der Waals surface area contributed by atoms with Crippen LogP contribution in [0.2, 0.25) is 0 Å². The van der Waals surface area contributed by atoms with Crippen LogP contribution in [0.4, 0.5) is 4.79 Å². The van der Waals surface area contributed by atoms with E-state index in [0.29, 0.717) is 6.54 Å². The summed E-state index contributed by atoms with van der Waals surface area (Å²) in [5.41, 5.74) is -0.552. The van der Waals surface area contributed by atoms with Gasteiger partial charge in [0.1, 0.15) is 5.60 Å². The molecule has 0 spiro atoms. The molecule has 0 aromatic carbocycles. The van der Waals surface area contributed by atoms with Crippen LogP contribution in [-0.2, 0) is 9.53 Å². The van der Waals surface area contributed by atoms with Crippen LogP contribution in [-0.4, -0.2) is 42.1 Å². The number of fused-ring (bicyclic) bond motifs is 1. The third-order valence-corrected chi connectivity index (χ3v) is 3.22. The summed E-state index contributed by atoms with van der Waals surface area (Å²) in [7, 11) is 0. The monoisotopic (exact) mass is 240 g/mol. The van der Waals surface area contributed by atoms with Crippen molar-refractivity contribution in [2.45, 2.75) is 32.8 Å². The molecule has 2 aliphatic rings. The van der Waals surface area contributed by atoms with Gasteiger partial charge in [0.2, 0.25) is 5.91 Å². The summed E-state index contributed by atoms with van der Waals surface area (Å²) in [4.78, 5) is 25.2. The fourth-order valence-corrected chi connectivity index (χ4v) is 2.45. The van der Waals surface area contributed by atoms with Crippen molar-refractivity contribution < 1.29 is 14.3 Å². The number of amides is 2.